The molecule has 0 unspecified atom stereocenters. The first-order chi connectivity index (χ1) is 13.6. The molecule has 0 saturated heterocycles. The van der Waals surface area contributed by atoms with Gasteiger partial charge in [-0.2, -0.15) is 0 Å². The zero-order valence-electron chi connectivity index (χ0n) is 15.8. The lowest BCUT2D eigenvalue weighted by atomic mass is 10.1. The normalized spacial score (nSPS) is 11.7. The van der Waals surface area contributed by atoms with E-state index in [1.165, 1.54) is 24.9 Å². The molecule has 0 aliphatic heterocycles. The van der Waals surface area contributed by atoms with Crippen LogP contribution in [0.3, 0.4) is 0 Å². The van der Waals surface area contributed by atoms with E-state index in [0.29, 0.717) is 12.1 Å². The summed E-state index contributed by atoms with van der Waals surface area (Å²) < 4.78 is 18.9. The standard InChI is InChI=1S/C23H22FNO2S/c1-25(16-17-13-14-21(27-2)20(24)15-17)23(26)22(18-9-5-3-6-10-18)28-19-11-7-4-8-12-19/h3-15,22H,16H2,1-2H3/t22-/m1/s1. The lowest BCUT2D eigenvalue weighted by molar-refractivity contribution is -0.129. The van der Waals surface area contributed by atoms with Gasteiger partial charge in [-0.05, 0) is 35.4 Å². The maximum atomic E-state index is 14.0. The lowest BCUT2D eigenvalue weighted by Gasteiger charge is -2.24. The van der Waals surface area contributed by atoms with Crippen molar-refractivity contribution in [1.29, 1.82) is 0 Å². The molecule has 0 aliphatic rings. The van der Waals surface area contributed by atoms with Gasteiger partial charge in [-0.1, -0.05) is 54.6 Å². The van der Waals surface area contributed by atoms with Crippen molar-refractivity contribution in [3.8, 4) is 5.75 Å². The summed E-state index contributed by atoms with van der Waals surface area (Å²) in [5.74, 6) is -0.269. The number of thioether (sulfide) groups is 1. The summed E-state index contributed by atoms with van der Waals surface area (Å²) >= 11 is 1.51. The van der Waals surface area contributed by atoms with Crippen LogP contribution in [0.15, 0.2) is 83.8 Å². The average molecular weight is 395 g/mol. The summed E-state index contributed by atoms with van der Waals surface area (Å²) in [5, 5.41) is -0.378. The molecule has 144 valence electrons. The Morgan fingerprint density at radius 1 is 1.04 bits per heavy atom. The van der Waals surface area contributed by atoms with E-state index in [1.54, 1.807) is 24.1 Å². The number of carbonyl (C=O) groups is 1. The molecule has 0 radical (unpaired) electrons. The molecule has 0 aromatic heterocycles. The first-order valence-electron chi connectivity index (χ1n) is 8.92. The molecule has 3 rings (SSSR count). The van der Waals surface area contributed by atoms with Crippen molar-refractivity contribution in [2.45, 2.75) is 16.7 Å². The Bertz CT molecular complexity index is 918. The fraction of sp³-hybridized carbons (Fsp3) is 0.174. The third-order valence-corrected chi connectivity index (χ3v) is 5.59. The van der Waals surface area contributed by atoms with Crippen molar-refractivity contribution in [3.05, 3.63) is 95.8 Å². The van der Waals surface area contributed by atoms with E-state index in [9.17, 15) is 9.18 Å². The predicted molar refractivity (Wildman–Crippen MR) is 111 cm³/mol. The minimum Gasteiger partial charge on any atom is -0.494 e. The van der Waals surface area contributed by atoms with Gasteiger partial charge in [0.1, 0.15) is 5.25 Å². The monoisotopic (exact) mass is 395 g/mol. The topological polar surface area (TPSA) is 29.5 Å². The summed E-state index contributed by atoms with van der Waals surface area (Å²) in [6, 6.07) is 24.3. The number of methoxy groups -OCH3 is 1. The molecular weight excluding hydrogens is 373 g/mol. The second-order valence-corrected chi connectivity index (χ2v) is 7.56. The number of rotatable bonds is 7. The fourth-order valence-corrected chi connectivity index (χ4v) is 4.04. The summed E-state index contributed by atoms with van der Waals surface area (Å²) in [5.41, 5.74) is 1.65. The van der Waals surface area contributed by atoms with Crippen molar-refractivity contribution in [2.24, 2.45) is 0 Å². The van der Waals surface area contributed by atoms with E-state index in [4.69, 9.17) is 4.74 Å². The van der Waals surface area contributed by atoms with Gasteiger partial charge in [0.05, 0.1) is 7.11 Å². The van der Waals surface area contributed by atoms with E-state index < -0.39 is 5.82 Å². The molecule has 0 heterocycles. The summed E-state index contributed by atoms with van der Waals surface area (Å²) in [4.78, 5) is 15.9. The maximum absolute atomic E-state index is 14.0. The van der Waals surface area contributed by atoms with Crippen LogP contribution in [0, 0.1) is 5.82 Å². The number of halogens is 1. The van der Waals surface area contributed by atoms with Crippen LogP contribution in [0.2, 0.25) is 0 Å². The first kappa shape index (κ1) is 20.0. The summed E-state index contributed by atoms with van der Waals surface area (Å²) in [6.45, 7) is 0.318. The summed E-state index contributed by atoms with van der Waals surface area (Å²) in [6.07, 6.45) is 0. The van der Waals surface area contributed by atoms with Gasteiger partial charge in [-0.15, -0.1) is 11.8 Å². The number of amides is 1. The molecule has 3 aromatic carbocycles. The second kappa shape index (κ2) is 9.42. The Balaban J connectivity index is 1.81. The highest BCUT2D eigenvalue weighted by Gasteiger charge is 2.25. The smallest absolute Gasteiger partial charge is 0.240 e. The van der Waals surface area contributed by atoms with E-state index in [0.717, 1.165) is 10.5 Å². The average Bonchev–Trinajstić information content (AvgIpc) is 2.73. The second-order valence-electron chi connectivity index (χ2n) is 6.38. The first-order valence-corrected chi connectivity index (χ1v) is 9.80. The predicted octanol–water partition coefficient (Wildman–Crippen LogP) is 5.33. The number of likely N-dealkylation sites (N-methyl/N-ethyl adjacent to an activating group) is 1. The van der Waals surface area contributed by atoms with Crippen LogP contribution in [0.5, 0.6) is 5.75 Å². The molecule has 0 fully saturated rings. The number of hydrogen-bond acceptors (Lipinski definition) is 3. The van der Waals surface area contributed by atoms with Crippen molar-refractivity contribution >= 4 is 17.7 Å². The molecule has 0 N–H and O–H groups in total. The zero-order chi connectivity index (χ0) is 19.9. The molecule has 0 aliphatic carbocycles. The minimum atomic E-state index is -0.431. The van der Waals surface area contributed by atoms with Crippen LogP contribution in [-0.4, -0.2) is 25.0 Å². The molecule has 28 heavy (non-hydrogen) atoms. The maximum Gasteiger partial charge on any atom is 0.240 e. The molecule has 0 spiro atoms. The van der Waals surface area contributed by atoms with Gasteiger partial charge in [0.2, 0.25) is 5.91 Å². The van der Waals surface area contributed by atoms with Gasteiger partial charge in [-0.3, -0.25) is 4.79 Å². The van der Waals surface area contributed by atoms with Crippen LogP contribution in [0.25, 0.3) is 0 Å². The number of benzene rings is 3. The molecule has 1 atom stereocenters. The van der Waals surface area contributed by atoms with E-state index in [2.05, 4.69) is 0 Å². The number of hydrogen-bond donors (Lipinski definition) is 0. The molecule has 0 saturated carbocycles. The Morgan fingerprint density at radius 2 is 1.68 bits per heavy atom. The van der Waals surface area contributed by atoms with Gasteiger partial charge in [-0.25, -0.2) is 4.39 Å². The van der Waals surface area contributed by atoms with Gasteiger partial charge in [0.15, 0.2) is 11.6 Å². The van der Waals surface area contributed by atoms with E-state index in [1.807, 2.05) is 60.7 Å². The largest absolute Gasteiger partial charge is 0.494 e. The van der Waals surface area contributed by atoms with Gasteiger partial charge in [0, 0.05) is 18.5 Å². The SMILES string of the molecule is COc1ccc(CN(C)C(=O)[C@H](Sc2ccccc2)c2ccccc2)cc1F. The van der Waals surface area contributed by atoms with Crippen LogP contribution < -0.4 is 4.74 Å². The molecule has 3 aromatic rings. The molecule has 0 bridgehead atoms. The zero-order valence-corrected chi connectivity index (χ0v) is 16.7. The Labute approximate surface area is 169 Å². The van der Waals surface area contributed by atoms with E-state index in [-0.39, 0.29) is 16.9 Å². The highest BCUT2D eigenvalue weighted by Crippen LogP contribution is 2.36. The highest BCUT2D eigenvalue weighted by molar-refractivity contribution is 8.00. The van der Waals surface area contributed by atoms with Gasteiger partial charge in [0.25, 0.3) is 0 Å². The molecule has 3 nitrogen and oxygen atoms in total. The number of nitrogens with zero attached hydrogens (tertiary/aromatic N) is 1. The van der Waals surface area contributed by atoms with Crippen molar-refractivity contribution in [2.75, 3.05) is 14.2 Å². The lowest BCUT2D eigenvalue weighted by Crippen LogP contribution is -2.30. The third-order valence-electron chi connectivity index (χ3n) is 4.34. The molecule has 1 amide bonds. The Morgan fingerprint density at radius 3 is 2.29 bits per heavy atom. The number of ether oxygens (including phenoxy) is 1. The Kier molecular flexibility index (Phi) is 6.71. The van der Waals surface area contributed by atoms with Crippen LogP contribution in [-0.2, 0) is 11.3 Å². The summed E-state index contributed by atoms with van der Waals surface area (Å²) in [7, 11) is 3.17. The van der Waals surface area contributed by atoms with Crippen LogP contribution in [0.4, 0.5) is 4.39 Å². The number of carbonyl (C=O) groups excluding carboxylic acids is 1. The molecular formula is C23H22FNO2S. The van der Waals surface area contributed by atoms with Crippen molar-refractivity contribution in [3.63, 3.8) is 0 Å². The van der Waals surface area contributed by atoms with Gasteiger partial charge >= 0.3 is 0 Å². The van der Waals surface area contributed by atoms with Crippen LogP contribution >= 0.6 is 11.8 Å². The highest BCUT2D eigenvalue weighted by atomic mass is 32.2. The van der Waals surface area contributed by atoms with E-state index >= 15 is 0 Å². The van der Waals surface area contributed by atoms with Crippen LogP contribution in [0.1, 0.15) is 16.4 Å². The van der Waals surface area contributed by atoms with Crippen molar-refractivity contribution < 1.29 is 13.9 Å². The fourth-order valence-electron chi connectivity index (χ4n) is 2.88. The molecule has 5 heteroatoms. The quantitative estimate of drug-likeness (QED) is 0.507. The Hall–Kier alpha value is -2.79. The third kappa shape index (κ3) is 4.93. The minimum absolute atomic E-state index is 0.0312. The van der Waals surface area contributed by atoms with Gasteiger partial charge < -0.3 is 9.64 Å². The van der Waals surface area contributed by atoms with Crippen molar-refractivity contribution in [1.82, 2.24) is 4.90 Å².